The zero-order valence-electron chi connectivity index (χ0n) is 8.69. The third kappa shape index (κ3) is 2.73. The Labute approximate surface area is 84.7 Å². The number of nitrogens with two attached hydrogens (primary N) is 1. The summed E-state index contributed by atoms with van der Waals surface area (Å²) in [6.45, 7) is 3.22. The number of anilines is 1. The van der Waals surface area contributed by atoms with Gasteiger partial charge in [-0.2, -0.15) is 5.10 Å². The van der Waals surface area contributed by atoms with Gasteiger partial charge in [-0.3, -0.25) is 4.68 Å². The molecule has 14 heavy (non-hydrogen) atoms. The number of nitrogen functional groups attached to an aromatic ring is 1. The lowest BCUT2D eigenvalue weighted by molar-refractivity contribution is 0.301. The van der Waals surface area contributed by atoms with Gasteiger partial charge in [-0.25, -0.2) is 0 Å². The first-order chi connectivity index (χ1) is 6.74. The second-order valence-electron chi connectivity index (χ2n) is 4.21. The van der Waals surface area contributed by atoms with Crippen LogP contribution in [0.25, 0.3) is 0 Å². The Bertz CT molecular complexity index is 290. The molecule has 1 aromatic rings. The summed E-state index contributed by atoms with van der Waals surface area (Å²) in [6, 6.07) is 1.83. The summed E-state index contributed by atoms with van der Waals surface area (Å²) in [5, 5.41) is 4.15. The summed E-state index contributed by atoms with van der Waals surface area (Å²) >= 11 is 0. The Hall–Kier alpha value is -1.03. The van der Waals surface area contributed by atoms with Gasteiger partial charge in [-0.1, -0.05) is 0 Å². The van der Waals surface area contributed by atoms with Crippen molar-refractivity contribution in [2.45, 2.75) is 19.4 Å². The van der Waals surface area contributed by atoms with Gasteiger partial charge in [0.15, 0.2) is 0 Å². The Balaban J connectivity index is 1.70. The summed E-state index contributed by atoms with van der Waals surface area (Å²) in [6.07, 6.45) is 4.76. The van der Waals surface area contributed by atoms with Crippen molar-refractivity contribution in [1.29, 1.82) is 0 Å². The van der Waals surface area contributed by atoms with Crippen LogP contribution >= 0.6 is 0 Å². The third-order valence-corrected chi connectivity index (χ3v) is 2.64. The maximum Gasteiger partial charge on any atom is 0.145 e. The van der Waals surface area contributed by atoms with Crippen LogP contribution in [-0.2, 0) is 6.54 Å². The van der Waals surface area contributed by atoms with Crippen LogP contribution < -0.4 is 5.73 Å². The van der Waals surface area contributed by atoms with E-state index in [1.54, 1.807) is 0 Å². The van der Waals surface area contributed by atoms with Crippen molar-refractivity contribution in [1.82, 2.24) is 14.7 Å². The minimum absolute atomic E-state index is 0.606. The summed E-state index contributed by atoms with van der Waals surface area (Å²) in [7, 11) is 2.17. The highest BCUT2D eigenvalue weighted by atomic mass is 15.3. The molecule has 2 N–H and O–H groups in total. The van der Waals surface area contributed by atoms with Crippen LogP contribution in [0.4, 0.5) is 5.82 Å². The van der Waals surface area contributed by atoms with E-state index in [1.165, 1.54) is 19.4 Å². The van der Waals surface area contributed by atoms with E-state index >= 15 is 0 Å². The number of aromatic nitrogens is 2. The molecule has 1 aromatic heterocycles. The van der Waals surface area contributed by atoms with E-state index < -0.39 is 0 Å². The number of hydrogen-bond acceptors (Lipinski definition) is 3. The third-order valence-electron chi connectivity index (χ3n) is 2.64. The fourth-order valence-corrected chi connectivity index (χ4v) is 1.61. The van der Waals surface area contributed by atoms with E-state index in [-0.39, 0.29) is 0 Å². The highest BCUT2D eigenvalue weighted by molar-refractivity contribution is 5.23. The molecule has 0 saturated heterocycles. The number of rotatable bonds is 5. The summed E-state index contributed by atoms with van der Waals surface area (Å²) in [5.41, 5.74) is 5.53. The van der Waals surface area contributed by atoms with Crippen molar-refractivity contribution in [2.75, 3.05) is 25.9 Å². The van der Waals surface area contributed by atoms with E-state index in [1.807, 2.05) is 16.9 Å². The van der Waals surface area contributed by atoms with Crippen molar-refractivity contribution >= 4 is 5.82 Å². The van der Waals surface area contributed by atoms with Crippen LogP contribution in [0.5, 0.6) is 0 Å². The average molecular weight is 194 g/mol. The normalized spacial score (nSPS) is 16.4. The first-order valence-electron chi connectivity index (χ1n) is 5.21. The molecule has 78 valence electrons. The molecule has 0 aromatic carbocycles. The molecule has 0 atom stereocenters. The zero-order chi connectivity index (χ0) is 9.97. The van der Waals surface area contributed by atoms with Crippen molar-refractivity contribution in [2.24, 2.45) is 5.92 Å². The summed E-state index contributed by atoms with van der Waals surface area (Å²) < 4.78 is 1.90. The second kappa shape index (κ2) is 4.00. The molecule has 1 fully saturated rings. The van der Waals surface area contributed by atoms with E-state index in [4.69, 9.17) is 5.73 Å². The van der Waals surface area contributed by atoms with Crippen LogP contribution in [0.2, 0.25) is 0 Å². The van der Waals surface area contributed by atoms with Crippen molar-refractivity contribution in [3.63, 3.8) is 0 Å². The molecular weight excluding hydrogens is 176 g/mol. The van der Waals surface area contributed by atoms with E-state index in [9.17, 15) is 0 Å². The predicted molar refractivity (Wildman–Crippen MR) is 56.9 cm³/mol. The van der Waals surface area contributed by atoms with Gasteiger partial charge < -0.3 is 10.6 Å². The molecule has 1 saturated carbocycles. The minimum Gasteiger partial charge on any atom is -0.382 e. The average Bonchev–Trinajstić information content (AvgIpc) is 2.85. The Morgan fingerprint density at radius 2 is 2.43 bits per heavy atom. The quantitative estimate of drug-likeness (QED) is 0.754. The van der Waals surface area contributed by atoms with Crippen molar-refractivity contribution in [3.05, 3.63) is 12.3 Å². The molecule has 4 heteroatoms. The van der Waals surface area contributed by atoms with Gasteiger partial charge in [0.25, 0.3) is 0 Å². The zero-order valence-corrected chi connectivity index (χ0v) is 8.69. The van der Waals surface area contributed by atoms with Crippen LogP contribution in [0.15, 0.2) is 12.3 Å². The Morgan fingerprint density at radius 1 is 1.64 bits per heavy atom. The van der Waals surface area contributed by atoms with Gasteiger partial charge >= 0.3 is 0 Å². The smallest absolute Gasteiger partial charge is 0.145 e. The summed E-state index contributed by atoms with van der Waals surface area (Å²) in [4.78, 5) is 2.37. The molecule has 1 aliphatic carbocycles. The summed E-state index contributed by atoms with van der Waals surface area (Å²) in [5.74, 6) is 1.57. The van der Waals surface area contributed by atoms with Gasteiger partial charge in [0.05, 0.1) is 6.54 Å². The molecule has 1 aliphatic rings. The van der Waals surface area contributed by atoms with E-state index in [0.717, 1.165) is 19.0 Å². The van der Waals surface area contributed by atoms with Crippen LogP contribution in [-0.4, -0.2) is 34.8 Å². The molecule has 0 amide bonds. The lowest BCUT2D eigenvalue weighted by Crippen LogP contribution is -2.25. The standard InChI is InChI=1S/C10H18N4/c1-13(8-9-2-3-9)6-7-14-5-4-10(11)12-14/h4-5,9H,2-3,6-8H2,1H3,(H2,11,12). The van der Waals surface area contributed by atoms with Crippen LogP contribution in [0.1, 0.15) is 12.8 Å². The lowest BCUT2D eigenvalue weighted by Gasteiger charge is -2.15. The van der Waals surface area contributed by atoms with Crippen molar-refractivity contribution < 1.29 is 0 Å². The van der Waals surface area contributed by atoms with Gasteiger partial charge in [0.1, 0.15) is 5.82 Å². The molecule has 1 heterocycles. The maximum absolute atomic E-state index is 5.53. The number of likely N-dealkylation sites (N-methyl/N-ethyl adjacent to an activating group) is 1. The first-order valence-corrected chi connectivity index (χ1v) is 5.21. The minimum atomic E-state index is 0.606. The highest BCUT2D eigenvalue weighted by Crippen LogP contribution is 2.29. The molecular formula is C10H18N4. The fraction of sp³-hybridized carbons (Fsp3) is 0.700. The molecule has 0 unspecified atom stereocenters. The van der Waals surface area contributed by atoms with Crippen molar-refractivity contribution in [3.8, 4) is 0 Å². The molecule has 0 radical (unpaired) electrons. The Kier molecular flexibility index (Phi) is 2.72. The largest absolute Gasteiger partial charge is 0.382 e. The first kappa shape index (κ1) is 9.52. The van der Waals surface area contributed by atoms with Crippen LogP contribution in [0.3, 0.4) is 0 Å². The van der Waals surface area contributed by atoms with Gasteiger partial charge in [-0.15, -0.1) is 0 Å². The highest BCUT2D eigenvalue weighted by Gasteiger charge is 2.22. The topological polar surface area (TPSA) is 47.1 Å². The van der Waals surface area contributed by atoms with Gasteiger partial charge in [0, 0.05) is 19.3 Å². The Morgan fingerprint density at radius 3 is 3.00 bits per heavy atom. The predicted octanol–water partition coefficient (Wildman–Crippen LogP) is 0.807. The maximum atomic E-state index is 5.53. The molecule has 2 rings (SSSR count). The van der Waals surface area contributed by atoms with E-state index in [0.29, 0.717) is 5.82 Å². The molecule has 0 aliphatic heterocycles. The monoisotopic (exact) mass is 194 g/mol. The molecule has 0 bridgehead atoms. The lowest BCUT2D eigenvalue weighted by atomic mass is 10.4. The van der Waals surface area contributed by atoms with Crippen LogP contribution in [0, 0.1) is 5.92 Å². The molecule has 4 nitrogen and oxygen atoms in total. The van der Waals surface area contributed by atoms with Gasteiger partial charge in [0.2, 0.25) is 0 Å². The fourth-order valence-electron chi connectivity index (χ4n) is 1.61. The number of hydrogen-bond donors (Lipinski definition) is 1. The van der Waals surface area contributed by atoms with E-state index in [2.05, 4.69) is 17.0 Å². The number of nitrogens with zero attached hydrogens (tertiary/aromatic N) is 3. The molecule has 0 spiro atoms. The van der Waals surface area contributed by atoms with Gasteiger partial charge in [-0.05, 0) is 31.9 Å². The second-order valence-corrected chi connectivity index (χ2v) is 4.21. The SMILES string of the molecule is CN(CCn1ccc(N)n1)CC1CC1.